The number of anilines is 1. The summed E-state index contributed by atoms with van der Waals surface area (Å²) in [5, 5.41) is 12.8. The van der Waals surface area contributed by atoms with E-state index < -0.39 is 0 Å². The van der Waals surface area contributed by atoms with Gasteiger partial charge in [-0.25, -0.2) is 0 Å². The zero-order valence-corrected chi connectivity index (χ0v) is 11.5. The molecule has 2 aromatic carbocycles. The molecule has 2 aromatic rings. The molecule has 0 saturated heterocycles. The van der Waals surface area contributed by atoms with Crippen LogP contribution in [0.2, 0.25) is 0 Å². The summed E-state index contributed by atoms with van der Waals surface area (Å²) in [5.41, 5.74) is 4.49. The maximum Gasteiger partial charge on any atom is 0.101 e. The smallest absolute Gasteiger partial charge is 0.101 e. The highest BCUT2D eigenvalue weighted by atomic mass is 14.9. The number of benzene rings is 2. The molecule has 0 fully saturated rings. The fourth-order valence-corrected chi connectivity index (χ4v) is 2.97. The van der Waals surface area contributed by atoms with Gasteiger partial charge in [0.2, 0.25) is 0 Å². The number of nitriles is 1. The molecule has 1 aliphatic rings. The topological polar surface area (TPSA) is 35.8 Å². The number of fused-ring (bicyclic) bond motifs is 1. The predicted molar refractivity (Wildman–Crippen MR) is 81.5 cm³/mol. The monoisotopic (exact) mass is 262 g/mol. The summed E-state index contributed by atoms with van der Waals surface area (Å²) in [6.07, 6.45) is 4.75. The second-order valence-corrected chi connectivity index (χ2v) is 5.30. The van der Waals surface area contributed by atoms with Gasteiger partial charge in [-0.05, 0) is 42.5 Å². The van der Waals surface area contributed by atoms with Crippen molar-refractivity contribution in [2.24, 2.45) is 0 Å². The Morgan fingerprint density at radius 2 is 1.80 bits per heavy atom. The first-order valence-electron chi connectivity index (χ1n) is 7.22. The minimum atomic E-state index is 0.309. The van der Waals surface area contributed by atoms with Gasteiger partial charge >= 0.3 is 0 Å². The van der Waals surface area contributed by atoms with E-state index in [1.165, 1.54) is 24.0 Å². The largest absolute Gasteiger partial charge is 0.377 e. The number of para-hydroxylation sites is 1. The van der Waals surface area contributed by atoms with Crippen LogP contribution in [-0.4, -0.2) is 0 Å². The van der Waals surface area contributed by atoms with Crippen LogP contribution in [0.1, 0.15) is 42.0 Å². The molecule has 1 aliphatic carbocycles. The molecule has 3 rings (SSSR count). The molecule has 0 radical (unpaired) electrons. The van der Waals surface area contributed by atoms with Gasteiger partial charge in [-0.3, -0.25) is 0 Å². The number of hydrogen-bond acceptors (Lipinski definition) is 2. The highest BCUT2D eigenvalue weighted by molar-refractivity contribution is 5.58. The van der Waals surface area contributed by atoms with Crippen LogP contribution in [0.25, 0.3) is 0 Å². The van der Waals surface area contributed by atoms with Crippen LogP contribution in [-0.2, 0) is 6.42 Å². The lowest BCUT2D eigenvalue weighted by Gasteiger charge is -2.21. The third-order valence-corrected chi connectivity index (χ3v) is 4.00. The van der Waals surface area contributed by atoms with E-state index in [0.29, 0.717) is 11.6 Å². The highest BCUT2D eigenvalue weighted by Gasteiger charge is 2.18. The van der Waals surface area contributed by atoms with E-state index in [1.807, 2.05) is 24.3 Å². The molecule has 0 aromatic heterocycles. The molecule has 0 aliphatic heterocycles. The Hall–Kier alpha value is -2.27. The quantitative estimate of drug-likeness (QED) is 0.812. The van der Waals surface area contributed by atoms with Gasteiger partial charge in [0.1, 0.15) is 6.07 Å². The standard InChI is InChI=1S/C18H18N2/c19-13-15-9-3-5-11-17(15)20-18-12-6-2-8-14-7-1-4-10-16(14)18/h1,3-5,7,9-11,18,20H,2,6,8,12H2. The second-order valence-electron chi connectivity index (χ2n) is 5.30. The van der Waals surface area contributed by atoms with Crippen molar-refractivity contribution >= 4 is 5.69 Å². The summed E-state index contributed by atoms with van der Waals surface area (Å²) >= 11 is 0. The van der Waals surface area contributed by atoms with Crippen molar-refractivity contribution in [3.8, 4) is 6.07 Å². The van der Waals surface area contributed by atoms with Crippen LogP contribution in [0.15, 0.2) is 48.5 Å². The lowest BCUT2D eigenvalue weighted by molar-refractivity contribution is 0.644. The van der Waals surface area contributed by atoms with E-state index >= 15 is 0 Å². The Morgan fingerprint density at radius 1 is 1.00 bits per heavy atom. The van der Waals surface area contributed by atoms with Gasteiger partial charge in [-0.2, -0.15) is 5.26 Å². The number of rotatable bonds is 2. The third-order valence-electron chi connectivity index (χ3n) is 4.00. The number of aryl methyl sites for hydroxylation is 1. The Bertz CT molecular complexity index is 640. The van der Waals surface area contributed by atoms with Crippen LogP contribution >= 0.6 is 0 Å². The van der Waals surface area contributed by atoms with Crippen molar-refractivity contribution in [3.63, 3.8) is 0 Å². The fourth-order valence-electron chi connectivity index (χ4n) is 2.97. The molecule has 0 spiro atoms. The summed E-state index contributed by atoms with van der Waals surface area (Å²) in [7, 11) is 0. The molecular formula is C18H18N2. The summed E-state index contributed by atoms with van der Waals surface area (Å²) in [4.78, 5) is 0. The molecule has 2 nitrogen and oxygen atoms in total. The highest BCUT2D eigenvalue weighted by Crippen LogP contribution is 2.32. The van der Waals surface area contributed by atoms with Crippen molar-refractivity contribution in [3.05, 3.63) is 65.2 Å². The van der Waals surface area contributed by atoms with Crippen molar-refractivity contribution in [1.82, 2.24) is 0 Å². The van der Waals surface area contributed by atoms with E-state index in [9.17, 15) is 5.26 Å². The summed E-state index contributed by atoms with van der Waals surface area (Å²) in [5.74, 6) is 0. The zero-order valence-electron chi connectivity index (χ0n) is 11.5. The Kier molecular flexibility index (Phi) is 3.69. The van der Waals surface area contributed by atoms with E-state index in [-0.39, 0.29) is 0 Å². The number of hydrogen-bond donors (Lipinski definition) is 1. The summed E-state index contributed by atoms with van der Waals surface area (Å²) < 4.78 is 0. The Labute approximate surface area is 120 Å². The Morgan fingerprint density at radius 3 is 2.70 bits per heavy atom. The lowest BCUT2D eigenvalue weighted by atomic mass is 9.98. The van der Waals surface area contributed by atoms with Crippen LogP contribution < -0.4 is 5.32 Å². The first kappa shape index (κ1) is 12.7. The summed E-state index contributed by atoms with van der Waals surface area (Å²) in [6, 6.07) is 19.0. The maximum atomic E-state index is 9.21. The van der Waals surface area contributed by atoms with Crippen LogP contribution in [0, 0.1) is 11.3 Å². The van der Waals surface area contributed by atoms with Gasteiger partial charge in [0.25, 0.3) is 0 Å². The summed E-state index contributed by atoms with van der Waals surface area (Å²) in [6.45, 7) is 0. The van der Waals surface area contributed by atoms with Crippen LogP contribution in [0.5, 0.6) is 0 Å². The van der Waals surface area contributed by atoms with E-state index in [4.69, 9.17) is 0 Å². The van der Waals surface area contributed by atoms with Gasteiger partial charge < -0.3 is 5.32 Å². The van der Waals surface area contributed by atoms with Gasteiger partial charge in [0, 0.05) is 0 Å². The molecule has 1 N–H and O–H groups in total. The van der Waals surface area contributed by atoms with E-state index in [0.717, 1.165) is 18.5 Å². The van der Waals surface area contributed by atoms with Crippen molar-refractivity contribution in [1.29, 1.82) is 5.26 Å². The molecule has 20 heavy (non-hydrogen) atoms. The van der Waals surface area contributed by atoms with Crippen molar-refractivity contribution in [2.75, 3.05) is 5.32 Å². The molecule has 100 valence electrons. The van der Waals surface area contributed by atoms with Crippen molar-refractivity contribution in [2.45, 2.75) is 31.7 Å². The van der Waals surface area contributed by atoms with Gasteiger partial charge in [-0.1, -0.05) is 42.8 Å². The van der Waals surface area contributed by atoms with Gasteiger partial charge in [0.15, 0.2) is 0 Å². The predicted octanol–water partition coefficient (Wildman–Crippen LogP) is 4.44. The van der Waals surface area contributed by atoms with Gasteiger partial charge in [-0.15, -0.1) is 0 Å². The first-order chi connectivity index (χ1) is 9.88. The first-order valence-corrected chi connectivity index (χ1v) is 7.22. The van der Waals surface area contributed by atoms with E-state index in [1.54, 1.807) is 0 Å². The molecular weight excluding hydrogens is 244 g/mol. The second kappa shape index (κ2) is 5.79. The Balaban J connectivity index is 1.93. The zero-order chi connectivity index (χ0) is 13.8. The average molecular weight is 262 g/mol. The molecule has 0 saturated carbocycles. The molecule has 0 heterocycles. The number of nitrogens with one attached hydrogen (secondary N) is 1. The minimum absolute atomic E-state index is 0.309. The SMILES string of the molecule is N#Cc1ccccc1NC1CCCCc2ccccc21. The molecule has 1 atom stereocenters. The molecule has 0 bridgehead atoms. The molecule has 2 heteroatoms. The van der Waals surface area contributed by atoms with Gasteiger partial charge in [0.05, 0.1) is 17.3 Å². The van der Waals surface area contributed by atoms with Crippen molar-refractivity contribution < 1.29 is 0 Å². The molecule has 1 unspecified atom stereocenters. The third kappa shape index (κ3) is 2.53. The maximum absolute atomic E-state index is 9.21. The fraction of sp³-hybridized carbons (Fsp3) is 0.278. The number of nitrogens with zero attached hydrogens (tertiary/aromatic N) is 1. The van der Waals surface area contributed by atoms with Crippen LogP contribution in [0.4, 0.5) is 5.69 Å². The molecule has 0 amide bonds. The lowest BCUT2D eigenvalue weighted by Crippen LogP contribution is -2.12. The van der Waals surface area contributed by atoms with E-state index in [2.05, 4.69) is 35.7 Å². The van der Waals surface area contributed by atoms with Crippen LogP contribution in [0.3, 0.4) is 0 Å². The minimum Gasteiger partial charge on any atom is -0.377 e. The average Bonchev–Trinajstić information content (AvgIpc) is 2.71. The normalized spacial score (nSPS) is 17.6.